The number of halogens is 5. The summed E-state index contributed by atoms with van der Waals surface area (Å²) in [7, 11) is 0. The van der Waals surface area contributed by atoms with E-state index in [0.29, 0.717) is 5.58 Å². The summed E-state index contributed by atoms with van der Waals surface area (Å²) in [4.78, 5) is 0. The molecule has 24 heavy (non-hydrogen) atoms. The first-order valence-corrected chi connectivity index (χ1v) is 6.71. The molecule has 3 nitrogen and oxygen atoms in total. The maximum absolute atomic E-state index is 13.5. The van der Waals surface area contributed by atoms with Crippen LogP contribution in [0.1, 0.15) is 12.7 Å². The second-order valence-corrected chi connectivity index (χ2v) is 4.90. The van der Waals surface area contributed by atoms with Crippen molar-refractivity contribution in [3.63, 3.8) is 0 Å². The minimum atomic E-state index is -2.23. The molecule has 0 aliphatic heterocycles. The summed E-state index contributed by atoms with van der Waals surface area (Å²) in [5.74, 6) is -10.0. The van der Waals surface area contributed by atoms with Gasteiger partial charge < -0.3 is 4.42 Å². The average molecular weight is 340 g/mol. The Morgan fingerprint density at radius 1 is 0.917 bits per heavy atom. The van der Waals surface area contributed by atoms with Crippen LogP contribution >= 0.6 is 0 Å². The van der Waals surface area contributed by atoms with Gasteiger partial charge in [-0.25, -0.2) is 22.0 Å². The van der Waals surface area contributed by atoms with Crippen molar-refractivity contribution < 1.29 is 26.4 Å². The van der Waals surface area contributed by atoms with Gasteiger partial charge in [-0.1, -0.05) is 18.2 Å². The number of para-hydroxylation sites is 1. The highest BCUT2D eigenvalue weighted by Crippen LogP contribution is 2.27. The lowest BCUT2D eigenvalue weighted by Gasteiger charge is -2.07. The van der Waals surface area contributed by atoms with Crippen LogP contribution in [-0.4, -0.2) is 5.71 Å². The first-order chi connectivity index (χ1) is 11.4. The van der Waals surface area contributed by atoms with Crippen LogP contribution in [0.4, 0.5) is 27.6 Å². The molecule has 0 radical (unpaired) electrons. The number of rotatable bonds is 3. The van der Waals surface area contributed by atoms with Gasteiger partial charge in [0.1, 0.15) is 17.0 Å². The zero-order valence-electron chi connectivity index (χ0n) is 12.1. The maximum atomic E-state index is 13.5. The highest BCUT2D eigenvalue weighted by molar-refractivity contribution is 6.00. The fraction of sp³-hybridized carbons (Fsp3) is 0.0625. The number of hydrogen-bond acceptors (Lipinski definition) is 3. The van der Waals surface area contributed by atoms with Crippen molar-refractivity contribution in [2.45, 2.75) is 6.92 Å². The van der Waals surface area contributed by atoms with E-state index in [9.17, 15) is 22.0 Å². The van der Waals surface area contributed by atoms with Crippen molar-refractivity contribution >= 4 is 22.4 Å². The van der Waals surface area contributed by atoms with Gasteiger partial charge in [0.15, 0.2) is 29.0 Å². The Bertz CT molecular complexity index is 902. The third-order valence-electron chi connectivity index (χ3n) is 3.33. The van der Waals surface area contributed by atoms with Crippen LogP contribution < -0.4 is 5.43 Å². The van der Waals surface area contributed by atoms with E-state index in [1.54, 1.807) is 30.3 Å². The van der Waals surface area contributed by atoms with E-state index in [0.717, 1.165) is 5.39 Å². The SMILES string of the molecule is C/C(=N/Nc1c(F)c(F)c(F)c(F)c1F)c1cc2ccccc2o1. The highest BCUT2D eigenvalue weighted by atomic mass is 19.2. The lowest BCUT2D eigenvalue weighted by atomic mass is 10.2. The summed E-state index contributed by atoms with van der Waals surface area (Å²) in [6.45, 7) is 1.46. The molecule has 2 aromatic carbocycles. The minimum absolute atomic E-state index is 0.162. The van der Waals surface area contributed by atoms with Gasteiger partial charge in [0.2, 0.25) is 5.82 Å². The first-order valence-electron chi connectivity index (χ1n) is 6.71. The van der Waals surface area contributed by atoms with E-state index in [1.807, 2.05) is 5.43 Å². The van der Waals surface area contributed by atoms with Crippen LogP contribution in [0.15, 0.2) is 39.9 Å². The van der Waals surface area contributed by atoms with Crippen LogP contribution in [0.25, 0.3) is 11.0 Å². The molecule has 0 fully saturated rings. The second-order valence-electron chi connectivity index (χ2n) is 4.90. The van der Waals surface area contributed by atoms with Gasteiger partial charge in [-0.05, 0) is 19.1 Å². The molecule has 124 valence electrons. The molecule has 0 amide bonds. The average Bonchev–Trinajstić information content (AvgIpc) is 3.02. The number of hydrazone groups is 1. The van der Waals surface area contributed by atoms with Gasteiger partial charge in [-0.2, -0.15) is 5.10 Å². The molecule has 0 aliphatic carbocycles. The van der Waals surface area contributed by atoms with Crippen LogP contribution in [-0.2, 0) is 0 Å². The zero-order valence-corrected chi connectivity index (χ0v) is 12.1. The quantitative estimate of drug-likeness (QED) is 0.240. The van der Waals surface area contributed by atoms with E-state index in [1.165, 1.54) is 6.92 Å². The van der Waals surface area contributed by atoms with Crippen LogP contribution in [0.2, 0.25) is 0 Å². The summed E-state index contributed by atoms with van der Waals surface area (Å²) in [6.07, 6.45) is 0. The van der Waals surface area contributed by atoms with Gasteiger partial charge in [-0.3, -0.25) is 5.43 Å². The molecule has 8 heteroatoms. The van der Waals surface area contributed by atoms with Gasteiger partial charge >= 0.3 is 0 Å². The van der Waals surface area contributed by atoms with E-state index >= 15 is 0 Å². The molecule has 0 spiro atoms. The molecule has 3 aromatic rings. The smallest absolute Gasteiger partial charge is 0.200 e. The van der Waals surface area contributed by atoms with E-state index in [2.05, 4.69) is 5.10 Å². The van der Waals surface area contributed by atoms with E-state index in [-0.39, 0.29) is 11.5 Å². The highest BCUT2D eigenvalue weighted by Gasteiger charge is 2.25. The van der Waals surface area contributed by atoms with Gasteiger partial charge in [0.25, 0.3) is 0 Å². The number of fused-ring (bicyclic) bond motifs is 1. The third kappa shape index (κ3) is 2.60. The Morgan fingerprint density at radius 3 is 2.12 bits per heavy atom. The van der Waals surface area contributed by atoms with Gasteiger partial charge in [0.05, 0.1) is 0 Å². The second kappa shape index (κ2) is 5.95. The monoisotopic (exact) mass is 340 g/mol. The molecular weight excluding hydrogens is 331 g/mol. The predicted octanol–water partition coefficient (Wildman–Crippen LogP) is 4.96. The van der Waals surface area contributed by atoms with Crippen molar-refractivity contribution in [1.82, 2.24) is 0 Å². The maximum Gasteiger partial charge on any atom is 0.200 e. The summed E-state index contributed by atoms with van der Waals surface area (Å²) >= 11 is 0. The molecule has 0 aliphatic rings. The fourth-order valence-electron chi connectivity index (χ4n) is 2.06. The number of benzene rings is 2. The molecule has 0 bridgehead atoms. The van der Waals surface area contributed by atoms with E-state index < -0.39 is 34.8 Å². The largest absolute Gasteiger partial charge is 0.455 e. The molecule has 3 rings (SSSR count). The van der Waals surface area contributed by atoms with E-state index in [4.69, 9.17) is 4.42 Å². The molecule has 1 aromatic heterocycles. The van der Waals surface area contributed by atoms with Crippen molar-refractivity contribution in [3.8, 4) is 0 Å². The Labute approximate surface area is 132 Å². The standard InChI is InChI=1S/C16H9F5N2O/c1-7(10-6-8-4-2-3-5-9(8)24-10)22-23-16-14(20)12(18)11(17)13(19)15(16)21/h2-6,23H,1H3/b22-7-. The fourth-order valence-corrected chi connectivity index (χ4v) is 2.06. The zero-order chi connectivity index (χ0) is 17.4. The first kappa shape index (κ1) is 16.0. The summed E-state index contributed by atoms with van der Waals surface area (Å²) in [5, 5.41) is 4.41. The number of furan rings is 1. The number of hydrogen-bond donors (Lipinski definition) is 1. The summed E-state index contributed by atoms with van der Waals surface area (Å²) in [6, 6.07) is 8.68. The number of nitrogens with zero attached hydrogens (tertiary/aromatic N) is 1. The normalized spacial score (nSPS) is 12.0. The molecule has 0 unspecified atom stereocenters. The minimum Gasteiger partial charge on any atom is -0.455 e. The van der Waals surface area contributed by atoms with Crippen molar-refractivity contribution in [2.75, 3.05) is 5.43 Å². The Kier molecular flexibility index (Phi) is 3.96. The molecule has 0 saturated heterocycles. The van der Waals surface area contributed by atoms with Crippen molar-refractivity contribution in [3.05, 3.63) is 65.2 Å². The van der Waals surface area contributed by atoms with Gasteiger partial charge in [0, 0.05) is 5.39 Å². The molecule has 0 atom stereocenters. The lowest BCUT2D eigenvalue weighted by Crippen LogP contribution is -2.08. The molecule has 1 N–H and O–H groups in total. The number of nitrogens with one attached hydrogen (secondary N) is 1. The van der Waals surface area contributed by atoms with Crippen molar-refractivity contribution in [2.24, 2.45) is 5.10 Å². The van der Waals surface area contributed by atoms with Gasteiger partial charge in [-0.15, -0.1) is 0 Å². The summed E-state index contributed by atoms with van der Waals surface area (Å²) < 4.78 is 71.8. The van der Waals surface area contributed by atoms with Crippen molar-refractivity contribution in [1.29, 1.82) is 0 Å². The Hall–Kier alpha value is -2.90. The Morgan fingerprint density at radius 2 is 1.50 bits per heavy atom. The molecule has 0 saturated carbocycles. The molecular formula is C16H9F5N2O. The predicted molar refractivity (Wildman–Crippen MR) is 78.3 cm³/mol. The van der Waals surface area contributed by atoms with Crippen LogP contribution in [0.3, 0.4) is 0 Å². The third-order valence-corrected chi connectivity index (χ3v) is 3.33. The topological polar surface area (TPSA) is 37.5 Å². The molecule has 1 heterocycles. The Balaban J connectivity index is 1.96. The summed E-state index contributed by atoms with van der Waals surface area (Å²) in [5.41, 5.74) is 1.36. The van der Waals surface area contributed by atoms with Crippen LogP contribution in [0.5, 0.6) is 0 Å². The number of anilines is 1. The van der Waals surface area contributed by atoms with Crippen LogP contribution in [0, 0.1) is 29.1 Å². The lowest BCUT2D eigenvalue weighted by molar-refractivity contribution is 0.381.